The van der Waals surface area contributed by atoms with Crippen molar-refractivity contribution in [2.24, 2.45) is 0 Å². The monoisotopic (exact) mass is 974 g/mol. The molecular formula is C60H64O6P2S. The van der Waals surface area contributed by atoms with Crippen LogP contribution in [0.3, 0.4) is 0 Å². The van der Waals surface area contributed by atoms with Crippen LogP contribution in [-0.2, 0) is 0 Å². The predicted molar refractivity (Wildman–Crippen MR) is 291 cm³/mol. The van der Waals surface area contributed by atoms with Gasteiger partial charge in [-0.15, -0.1) is 0 Å². The molecule has 0 fully saturated rings. The Balaban J connectivity index is 1.27. The van der Waals surface area contributed by atoms with E-state index in [1.807, 2.05) is 12.1 Å². The third-order valence-electron chi connectivity index (χ3n) is 12.1. The van der Waals surface area contributed by atoms with Gasteiger partial charge in [-0.3, -0.25) is 0 Å². The summed E-state index contributed by atoms with van der Waals surface area (Å²) >= 11 is 1.60. The molecule has 0 spiro atoms. The maximum Gasteiger partial charge on any atom is 0.530 e. The molecule has 0 saturated heterocycles. The van der Waals surface area contributed by atoms with Crippen LogP contribution in [0, 0.1) is 27.7 Å². The first-order valence-electron chi connectivity index (χ1n) is 23.9. The van der Waals surface area contributed by atoms with Gasteiger partial charge in [0.1, 0.15) is 34.5 Å². The quantitative estimate of drug-likeness (QED) is 0.0794. The molecule has 356 valence electrons. The average Bonchev–Trinajstić information content (AvgIpc) is 3.30. The highest BCUT2D eigenvalue weighted by atomic mass is 32.2. The van der Waals surface area contributed by atoms with Gasteiger partial charge in [-0.2, -0.15) is 0 Å². The van der Waals surface area contributed by atoms with Crippen molar-refractivity contribution in [1.29, 1.82) is 0 Å². The smallest absolute Gasteiger partial charge is 0.408 e. The maximum atomic E-state index is 7.18. The van der Waals surface area contributed by atoms with Crippen LogP contribution < -0.4 is 27.1 Å². The molecular weight excluding hydrogens is 911 g/mol. The molecule has 0 aliphatic heterocycles. The van der Waals surface area contributed by atoms with E-state index in [1.165, 1.54) is 0 Å². The van der Waals surface area contributed by atoms with E-state index in [9.17, 15) is 0 Å². The van der Waals surface area contributed by atoms with Gasteiger partial charge < -0.3 is 27.1 Å². The Morgan fingerprint density at radius 3 is 0.884 bits per heavy atom. The van der Waals surface area contributed by atoms with Gasteiger partial charge in [0.15, 0.2) is 0 Å². The van der Waals surface area contributed by atoms with Gasteiger partial charge in [-0.05, 0) is 154 Å². The minimum Gasteiger partial charge on any atom is -0.408 e. The Labute approximate surface area is 416 Å². The number of fused-ring (bicyclic) bond motifs is 2. The summed E-state index contributed by atoms with van der Waals surface area (Å²) in [6, 6.07) is 50.5. The van der Waals surface area contributed by atoms with Gasteiger partial charge in [0.2, 0.25) is 0 Å². The lowest BCUT2D eigenvalue weighted by atomic mass is 10.0. The van der Waals surface area contributed by atoms with E-state index in [1.54, 1.807) is 11.8 Å². The van der Waals surface area contributed by atoms with Crippen molar-refractivity contribution < 1.29 is 27.1 Å². The van der Waals surface area contributed by atoms with Crippen LogP contribution in [0.2, 0.25) is 0 Å². The molecule has 9 heteroatoms. The summed E-state index contributed by atoms with van der Waals surface area (Å²) in [5.74, 6) is 5.06. The first-order valence-corrected chi connectivity index (χ1v) is 26.9. The van der Waals surface area contributed by atoms with Gasteiger partial charge in [0.25, 0.3) is 0 Å². The minimum absolute atomic E-state index is 0.211. The summed E-state index contributed by atoms with van der Waals surface area (Å²) < 4.78 is 42.3. The Kier molecular flexibility index (Phi) is 15.8. The van der Waals surface area contributed by atoms with Gasteiger partial charge in [0.05, 0.1) is 9.79 Å². The molecule has 8 aromatic rings. The first-order chi connectivity index (χ1) is 33.1. The zero-order chi connectivity index (χ0) is 48.9. The Hall–Kier alpha value is -5.71. The lowest BCUT2D eigenvalue weighted by Gasteiger charge is -2.25. The molecule has 69 heavy (non-hydrogen) atoms. The zero-order valence-corrected chi connectivity index (χ0v) is 44.5. The summed E-state index contributed by atoms with van der Waals surface area (Å²) in [6.45, 7) is 25.7. The molecule has 8 rings (SSSR count). The van der Waals surface area contributed by atoms with Gasteiger partial charge in [-0.1, -0.05) is 176 Å². The second-order valence-electron chi connectivity index (χ2n) is 19.1. The fourth-order valence-electron chi connectivity index (χ4n) is 8.29. The molecule has 0 amide bonds. The van der Waals surface area contributed by atoms with E-state index in [0.29, 0.717) is 11.5 Å². The highest BCUT2D eigenvalue weighted by Crippen LogP contribution is 2.55. The molecule has 0 unspecified atom stereocenters. The molecule has 0 aliphatic rings. The van der Waals surface area contributed by atoms with Crippen molar-refractivity contribution in [2.45, 2.75) is 117 Å². The van der Waals surface area contributed by atoms with E-state index < -0.39 is 17.2 Å². The van der Waals surface area contributed by atoms with Gasteiger partial charge in [-0.25, -0.2) is 0 Å². The van der Waals surface area contributed by atoms with Gasteiger partial charge >= 0.3 is 17.2 Å². The van der Waals surface area contributed by atoms with Crippen LogP contribution in [0.15, 0.2) is 155 Å². The summed E-state index contributed by atoms with van der Waals surface area (Å²) in [7, 11) is -4.12. The molecule has 6 nitrogen and oxygen atoms in total. The first kappa shape index (κ1) is 49.7. The number of hydrogen-bond donors (Lipinski definition) is 0. The third kappa shape index (κ3) is 11.8. The van der Waals surface area contributed by atoms with E-state index in [2.05, 4.69) is 217 Å². The van der Waals surface area contributed by atoms with Crippen molar-refractivity contribution >= 4 is 50.5 Å². The second kappa shape index (κ2) is 21.9. The molecule has 0 atom stereocenters. The fourth-order valence-corrected chi connectivity index (χ4v) is 11.8. The van der Waals surface area contributed by atoms with Crippen LogP contribution in [0.4, 0.5) is 0 Å². The molecule has 0 saturated carbocycles. The van der Waals surface area contributed by atoms with E-state index in [-0.39, 0.29) is 23.7 Å². The number of hydrogen-bond acceptors (Lipinski definition) is 7. The van der Waals surface area contributed by atoms with Crippen molar-refractivity contribution in [2.75, 3.05) is 0 Å². The summed E-state index contributed by atoms with van der Waals surface area (Å²) in [6.07, 6.45) is 0. The Morgan fingerprint density at radius 1 is 0.319 bits per heavy atom. The average molecular weight is 975 g/mol. The van der Waals surface area contributed by atoms with Crippen LogP contribution in [0.5, 0.6) is 34.5 Å². The topological polar surface area (TPSA) is 55.4 Å². The SMILES string of the molecule is Cc1ccc(C(C)C)c(OP(Oc2cc(C)ccc2C(C)C)Oc2ccc3ccccc3c2Sc2c(OP(Oc3cc(C)ccc3C(C)C)Oc3cc(C)ccc3C(C)C)ccc3ccccc23)c1. The molecule has 0 N–H and O–H groups in total. The molecule has 0 heterocycles. The standard InChI is InChI=1S/C60H64O6P2S/c1-37(2)47-27-21-41(9)33-55(47)63-67(64-56-34-42(10)22-28-48(56)38(3)4)61-53-31-25-45-17-13-15-19-51(45)59(53)69-60-52-20-16-14-18-46(52)26-32-54(60)62-68(65-57-35-43(11)23-29-49(57)39(5)6)66-58-36-44(12)24-30-50(58)40(7)8/h13-40H,1-12H3. The second-order valence-corrected chi connectivity index (χ2v) is 22.1. The highest BCUT2D eigenvalue weighted by Gasteiger charge is 2.30. The number of aryl methyl sites for hydroxylation is 4. The molecule has 0 radical (unpaired) electrons. The van der Waals surface area contributed by atoms with Crippen molar-refractivity contribution in [3.63, 3.8) is 0 Å². The van der Waals surface area contributed by atoms with Crippen molar-refractivity contribution in [3.8, 4) is 34.5 Å². The fraction of sp³-hybridized carbons (Fsp3) is 0.267. The summed E-state index contributed by atoms with van der Waals surface area (Å²) in [5, 5.41) is 4.17. The van der Waals surface area contributed by atoms with Crippen LogP contribution >= 0.6 is 29.0 Å². The number of rotatable bonds is 18. The van der Waals surface area contributed by atoms with Crippen molar-refractivity contribution in [1.82, 2.24) is 0 Å². The molecule has 0 bridgehead atoms. The lowest BCUT2D eigenvalue weighted by Crippen LogP contribution is -2.07. The van der Waals surface area contributed by atoms with Crippen LogP contribution in [0.1, 0.15) is 124 Å². The van der Waals surface area contributed by atoms with E-state index in [4.69, 9.17) is 27.1 Å². The highest BCUT2D eigenvalue weighted by molar-refractivity contribution is 8.00. The normalized spacial score (nSPS) is 11.7. The molecule has 8 aromatic carbocycles. The van der Waals surface area contributed by atoms with Gasteiger partial charge in [0, 0.05) is 0 Å². The lowest BCUT2D eigenvalue weighted by molar-refractivity contribution is 0.380. The third-order valence-corrected chi connectivity index (χ3v) is 15.4. The van der Waals surface area contributed by atoms with E-state index >= 15 is 0 Å². The maximum absolute atomic E-state index is 7.18. The van der Waals surface area contributed by atoms with E-state index in [0.717, 1.165) is 98.8 Å². The molecule has 0 aliphatic carbocycles. The van der Waals surface area contributed by atoms with Crippen molar-refractivity contribution in [3.05, 3.63) is 190 Å². The largest absolute Gasteiger partial charge is 0.530 e. The summed E-state index contributed by atoms with van der Waals surface area (Å²) in [4.78, 5) is 1.78. The Bertz CT molecular complexity index is 2770. The summed E-state index contributed by atoms with van der Waals surface area (Å²) in [5.41, 5.74) is 8.68. The zero-order valence-electron chi connectivity index (χ0n) is 41.9. The van der Waals surface area contributed by atoms with Crippen LogP contribution in [0.25, 0.3) is 21.5 Å². The van der Waals surface area contributed by atoms with Crippen LogP contribution in [-0.4, -0.2) is 0 Å². The Morgan fingerprint density at radius 2 is 0.594 bits per heavy atom. The predicted octanol–water partition coefficient (Wildman–Crippen LogP) is 19.4. The minimum atomic E-state index is -2.06. The number of benzene rings is 8. The molecule has 0 aromatic heterocycles.